The highest BCUT2D eigenvalue weighted by Gasteiger charge is 2.37. The number of benzene rings is 3. The number of nitrogens with one attached hydrogen (secondary N) is 3. The normalized spacial score (nSPS) is 14.8. The molecule has 168 valence electrons. The van der Waals surface area contributed by atoms with E-state index < -0.39 is 35.5 Å². The van der Waals surface area contributed by atoms with Crippen LogP contribution in [0.5, 0.6) is 0 Å². The topological polar surface area (TPSA) is 111 Å². The molecule has 10 heteroatoms. The zero-order chi connectivity index (χ0) is 23.5. The predicted octanol–water partition coefficient (Wildman–Crippen LogP) is 3.69. The van der Waals surface area contributed by atoms with Gasteiger partial charge in [0.2, 0.25) is 5.91 Å². The van der Waals surface area contributed by atoms with Gasteiger partial charge in [-0.2, -0.15) is 0 Å². The molecule has 0 fully saturated rings. The number of hydroxylamine groups is 1. The highest BCUT2D eigenvalue weighted by Crippen LogP contribution is 2.33. The number of fused-ring (bicyclic) bond motifs is 1. The minimum Gasteiger partial charge on any atom is -0.322 e. The number of para-hydroxylation sites is 2. The fraction of sp³-hybridized carbons (Fsp3) is 0.0870. The quantitative estimate of drug-likeness (QED) is 0.357. The van der Waals surface area contributed by atoms with Crippen LogP contribution in [0.25, 0.3) is 0 Å². The maximum absolute atomic E-state index is 13.7. The second-order valence-corrected chi connectivity index (χ2v) is 7.30. The van der Waals surface area contributed by atoms with E-state index in [1.54, 1.807) is 24.3 Å². The monoisotopic (exact) mass is 452 g/mol. The molecule has 3 aromatic rings. The number of carbonyl (C=O) groups is 3. The van der Waals surface area contributed by atoms with E-state index in [0.717, 1.165) is 12.1 Å². The first kappa shape index (κ1) is 21.9. The SMILES string of the molecule is O=C(NO)c1cccc(NC(=O)N2c3ccccc3NC(=O)[C@H]2Cc2ccc(F)c(F)c2)c1. The molecule has 1 atom stereocenters. The van der Waals surface area contributed by atoms with Crippen LogP contribution in [0.1, 0.15) is 15.9 Å². The molecule has 0 saturated carbocycles. The van der Waals surface area contributed by atoms with Gasteiger partial charge in [-0.25, -0.2) is 19.1 Å². The van der Waals surface area contributed by atoms with Crippen molar-refractivity contribution in [2.45, 2.75) is 12.5 Å². The van der Waals surface area contributed by atoms with Gasteiger partial charge in [-0.3, -0.25) is 19.7 Å². The van der Waals surface area contributed by atoms with Gasteiger partial charge in [0.25, 0.3) is 5.91 Å². The lowest BCUT2D eigenvalue weighted by molar-refractivity contribution is -0.117. The number of rotatable bonds is 4. The van der Waals surface area contributed by atoms with Crippen molar-refractivity contribution in [3.05, 3.63) is 89.5 Å². The Kier molecular flexibility index (Phi) is 6.01. The summed E-state index contributed by atoms with van der Waals surface area (Å²) in [6.45, 7) is 0. The Morgan fingerprint density at radius 2 is 1.79 bits per heavy atom. The third-order valence-electron chi connectivity index (χ3n) is 5.15. The van der Waals surface area contributed by atoms with Crippen molar-refractivity contribution in [1.29, 1.82) is 0 Å². The fourth-order valence-electron chi connectivity index (χ4n) is 3.60. The summed E-state index contributed by atoms with van der Waals surface area (Å²) >= 11 is 0. The van der Waals surface area contributed by atoms with Crippen molar-refractivity contribution >= 4 is 34.9 Å². The van der Waals surface area contributed by atoms with Crippen LogP contribution in [0.4, 0.5) is 30.6 Å². The summed E-state index contributed by atoms with van der Waals surface area (Å²) in [5, 5.41) is 14.2. The summed E-state index contributed by atoms with van der Waals surface area (Å²) in [7, 11) is 0. The summed E-state index contributed by atoms with van der Waals surface area (Å²) in [5.41, 5.74) is 3.01. The number of carbonyl (C=O) groups excluding carboxylic acids is 3. The van der Waals surface area contributed by atoms with Crippen LogP contribution in [-0.4, -0.2) is 29.1 Å². The van der Waals surface area contributed by atoms with Crippen molar-refractivity contribution in [3.63, 3.8) is 0 Å². The van der Waals surface area contributed by atoms with Crippen LogP contribution in [0.3, 0.4) is 0 Å². The highest BCUT2D eigenvalue weighted by molar-refractivity contribution is 6.14. The first-order valence-electron chi connectivity index (χ1n) is 9.86. The molecule has 1 heterocycles. The van der Waals surface area contributed by atoms with E-state index in [-0.39, 0.29) is 17.7 Å². The van der Waals surface area contributed by atoms with Gasteiger partial charge in [-0.1, -0.05) is 24.3 Å². The molecule has 0 bridgehead atoms. The van der Waals surface area contributed by atoms with Gasteiger partial charge in [0.05, 0.1) is 11.4 Å². The molecule has 3 aromatic carbocycles. The molecule has 0 aromatic heterocycles. The van der Waals surface area contributed by atoms with Crippen LogP contribution in [0, 0.1) is 11.6 Å². The Morgan fingerprint density at radius 1 is 1.00 bits per heavy atom. The maximum Gasteiger partial charge on any atom is 0.327 e. The average Bonchev–Trinajstić information content (AvgIpc) is 2.81. The van der Waals surface area contributed by atoms with E-state index >= 15 is 0 Å². The van der Waals surface area contributed by atoms with E-state index in [4.69, 9.17) is 5.21 Å². The predicted molar refractivity (Wildman–Crippen MR) is 116 cm³/mol. The molecule has 0 aliphatic carbocycles. The zero-order valence-corrected chi connectivity index (χ0v) is 17.0. The van der Waals surface area contributed by atoms with Crippen LogP contribution in [-0.2, 0) is 11.2 Å². The lowest BCUT2D eigenvalue weighted by Crippen LogP contribution is -2.53. The molecule has 0 unspecified atom stereocenters. The molecule has 33 heavy (non-hydrogen) atoms. The molecule has 4 N–H and O–H groups in total. The molecule has 0 spiro atoms. The van der Waals surface area contributed by atoms with Crippen molar-refractivity contribution in [3.8, 4) is 0 Å². The number of nitrogens with zero attached hydrogens (tertiary/aromatic N) is 1. The molecule has 4 amide bonds. The summed E-state index contributed by atoms with van der Waals surface area (Å²) in [4.78, 5) is 39.1. The molecule has 1 aliphatic rings. The fourth-order valence-corrected chi connectivity index (χ4v) is 3.60. The van der Waals surface area contributed by atoms with Crippen molar-refractivity contribution in [2.24, 2.45) is 0 Å². The van der Waals surface area contributed by atoms with Crippen molar-refractivity contribution < 1.29 is 28.4 Å². The van der Waals surface area contributed by atoms with E-state index in [2.05, 4.69) is 10.6 Å². The second kappa shape index (κ2) is 9.05. The number of hydrogen-bond acceptors (Lipinski definition) is 4. The Hall–Kier alpha value is -4.31. The van der Waals surface area contributed by atoms with Crippen LogP contribution >= 0.6 is 0 Å². The maximum atomic E-state index is 13.7. The van der Waals surface area contributed by atoms with Crippen molar-refractivity contribution in [1.82, 2.24) is 5.48 Å². The lowest BCUT2D eigenvalue weighted by Gasteiger charge is -2.36. The van der Waals surface area contributed by atoms with E-state index in [0.29, 0.717) is 16.9 Å². The molecular formula is C23H18F2N4O4. The number of anilines is 3. The lowest BCUT2D eigenvalue weighted by atomic mass is 10.00. The van der Waals surface area contributed by atoms with E-state index in [1.807, 2.05) is 0 Å². The van der Waals surface area contributed by atoms with Crippen LogP contribution < -0.4 is 21.0 Å². The number of halogens is 2. The Balaban J connectivity index is 1.68. The third kappa shape index (κ3) is 4.51. The summed E-state index contributed by atoms with van der Waals surface area (Å²) in [6.07, 6.45) is -0.0717. The Labute approximate surface area is 186 Å². The largest absolute Gasteiger partial charge is 0.327 e. The van der Waals surface area contributed by atoms with Gasteiger partial charge < -0.3 is 10.6 Å². The van der Waals surface area contributed by atoms with E-state index in [1.165, 1.54) is 40.7 Å². The molecule has 1 aliphatic heterocycles. The average molecular weight is 452 g/mol. The number of hydrogen-bond donors (Lipinski definition) is 4. The van der Waals surface area contributed by atoms with Crippen LogP contribution in [0.2, 0.25) is 0 Å². The van der Waals surface area contributed by atoms with Gasteiger partial charge in [-0.15, -0.1) is 0 Å². The summed E-state index contributed by atoms with van der Waals surface area (Å²) in [5.74, 6) is -3.33. The number of amides is 4. The third-order valence-corrected chi connectivity index (χ3v) is 5.15. The van der Waals surface area contributed by atoms with Gasteiger partial charge in [0, 0.05) is 17.7 Å². The summed E-state index contributed by atoms with van der Waals surface area (Å²) in [6, 6.07) is 14.1. The second-order valence-electron chi connectivity index (χ2n) is 7.30. The first-order valence-corrected chi connectivity index (χ1v) is 9.86. The van der Waals surface area contributed by atoms with E-state index in [9.17, 15) is 23.2 Å². The minimum atomic E-state index is -1.06. The zero-order valence-electron chi connectivity index (χ0n) is 17.0. The van der Waals surface area contributed by atoms with Gasteiger partial charge in [0.15, 0.2) is 11.6 Å². The van der Waals surface area contributed by atoms with Gasteiger partial charge in [-0.05, 0) is 48.0 Å². The first-order chi connectivity index (χ1) is 15.9. The molecular weight excluding hydrogens is 434 g/mol. The molecule has 4 rings (SSSR count). The van der Waals surface area contributed by atoms with Gasteiger partial charge in [0.1, 0.15) is 6.04 Å². The van der Waals surface area contributed by atoms with Crippen LogP contribution in [0.15, 0.2) is 66.7 Å². The molecule has 0 radical (unpaired) electrons. The van der Waals surface area contributed by atoms with Crippen molar-refractivity contribution in [2.75, 3.05) is 15.5 Å². The molecule has 8 nitrogen and oxygen atoms in total. The Morgan fingerprint density at radius 3 is 2.55 bits per heavy atom. The molecule has 0 saturated heterocycles. The highest BCUT2D eigenvalue weighted by atomic mass is 19.2. The Bertz CT molecular complexity index is 1250. The smallest absolute Gasteiger partial charge is 0.322 e. The minimum absolute atomic E-state index is 0.0717. The number of urea groups is 1. The van der Waals surface area contributed by atoms with Gasteiger partial charge >= 0.3 is 6.03 Å². The summed E-state index contributed by atoms with van der Waals surface area (Å²) < 4.78 is 27.1. The standard InChI is InChI=1S/C23H18F2N4O4/c24-16-9-8-13(10-17(16)25)11-20-22(31)27-18-6-1-2-7-19(18)29(20)23(32)26-15-5-3-4-14(12-15)21(30)28-33/h1-10,12,20,33H,11H2,(H,26,32)(H,27,31)(H,28,30)/t20-/m1/s1.